The largest absolute Gasteiger partial charge is 0.491 e. The van der Waals surface area contributed by atoms with E-state index in [1.54, 1.807) is 0 Å². The Kier molecular flexibility index (Phi) is 4.10. The fraction of sp³-hybridized carbons (Fsp3) is 0.571. The summed E-state index contributed by atoms with van der Waals surface area (Å²) in [5.74, 6) is 0.956. The van der Waals surface area contributed by atoms with Crippen molar-refractivity contribution in [3.05, 3.63) is 29.8 Å². The van der Waals surface area contributed by atoms with E-state index in [1.165, 1.54) is 5.56 Å². The highest BCUT2D eigenvalue weighted by Crippen LogP contribution is 2.30. The summed E-state index contributed by atoms with van der Waals surface area (Å²) < 4.78 is 11.8. The fourth-order valence-electron chi connectivity index (χ4n) is 2.13. The van der Waals surface area contributed by atoms with E-state index in [9.17, 15) is 0 Å². The van der Waals surface area contributed by atoms with Crippen molar-refractivity contribution in [2.75, 3.05) is 6.61 Å². The van der Waals surface area contributed by atoms with E-state index in [4.69, 9.17) is 9.47 Å². The predicted molar refractivity (Wildman–Crippen MR) is 72.8 cm³/mol. The van der Waals surface area contributed by atoms with Gasteiger partial charge in [0.2, 0.25) is 0 Å². The zero-order valence-electron chi connectivity index (χ0n) is 10.4. The zero-order chi connectivity index (χ0) is 12.3. The molecular weight excluding hydrogens is 280 g/mol. The van der Waals surface area contributed by atoms with Gasteiger partial charge in [0, 0.05) is 10.9 Å². The maximum absolute atomic E-state index is 5.91. The molecule has 3 heteroatoms. The lowest BCUT2D eigenvalue weighted by Gasteiger charge is -2.19. The Labute approximate surface area is 111 Å². The van der Waals surface area contributed by atoms with Crippen molar-refractivity contribution in [3.8, 4) is 5.75 Å². The Morgan fingerprint density at radius 2 is 2.18 bits per heavy atom. The van der Waals surface area contributed by atoms with Crippen LogP contribution in [0.5, 0.6) is 5.75 Å². The molecule has 2 rings (SSSR count). The van der Waals surface area contributed by atoms with Crippen molar-refractivity contribution >= 4 is 15.9 Å². The van der Waals surface area contributed by atoms with Gasteiger partial charge in [-0.25, -0.2) is 0 Å². The van der Waals surface area contributed by atoms with Crippen LogP contribution in [0.3, 0.4) is 0 Å². The van der Waals surface area contributed by atoms with Crippen molar-refractivity contribution < 1.29 is 9.47 Å². The van der Waals surface area contributed by atoms with E-state index >= 15 is 0 Å². The minimum absolute atomic E-state index is 0.0168. The lowest BCUT2D eigenvalue weighted by molar-refractivity contribution is -0.0327. The van der Waals surface area contributed by atoms with Gasteiger partial charge in [0.25, 0.3) is 0 Å². The standard InChI is InChI=1S/C14H19BrO2/c1-14(2)8-7-12(17-14)10-16-13-6-4-3-5-11(13)9-15/h3-6,12H,7-10H2,1-2H3. The zero-order valence-corrected chi connectivity index (χ0v) is 12.0. The van der Waals surface area contributed by atoms with Crippen LogP contribution in [0.15, 0.2) is 24.3 Å². The summed E-state index contributed by atoms with van der Waals surface area (Å²) >= 11 is 3.47. The summed E-state index contributed by atoms with van der Waals surface area (Å²) in [4.78, 5) is 0. The highest BCUT2D eigenvalue weighted by molar-refractivity contribution is 9.08. The van der Waals surface area contributed by atoms with Gasteiger partial charge in [0.15, 0.2) is 0 Å². The number of ether oxygens (including phenoxy) is 2. The van der Waals surface area contributed by atoms with Gasteiger partial charge in [0.1, 0.15) is 12.4 Å². The Balaban J connectivity index is 1.90. The molecule has 94 valence electrons. The molecule has 0 amide bonds. The molecule has 0 aliphatic carbocycles. The highest BCUT2D eigenvalue weighted by atomic mass is 79.9. The first kappa shape index (κ1) is 12.9. The molecule has 1 atom stereocenters. The number of hydrogen-bond acceptors (Lipinski definition) is 2. The summed E-state index contributed by atoms with van der Waals surface area (Å²) in [6, 6.07) is 8.11. The van der Waals surface area contributed by atoms with Gasteiger partial charge in [-0.15, -0.1) is 0 Å². The third-order valence-electron chi connectivity index (χ3n) is 3.10. The van der Waals surface area contributed by atoms with Crippen LogP contribution in [0.25, 0.3) is 0 Å². The molecule has 1 aromatic rings. The third-order valence-corrected chi connectivity index (χ3v) is 3.70. The lowest BCUT2D eigenvalue weighted by Crippen LogP contribution is -2.24. The monoisotopic (exact) mass is 298 g/mol. The normalized spacial score (nSPS) is 22.6. The number of para-hydroxylation sites is 1. The van der Waals surface area contributed by atoms with Crippen molar-refractivity contribution in [2.24, 2.45) is 0 Å². The number of alkyl halides is 1. The molecule has 1 unspecified atom stereocenters. The van der Waals surface area contributed by atoms with E-state index in [2.05, 4.69) is 35.8 Å². The Bertz CT molecular complexity index is 376. The Morgan fingerprint density at radius 3 is 2.82 bits per heavy atom. The molecule has 17 heavy (non-hydrogen) atoms. The fourth-order valence-corrected chi connectivity index (χ4v) is 2.60. The van der Waals surface area contributed by atoms with Crippen LogP contribution in [-0.2, 0) is 10.1 Å². The van der Waals surface area contributed by atoms with Crippen LogP contribution < -0.4 is 4.74 Å². The number of halogens is 1. The van der Waals surface area contributed by atoms with Gasteiger partial charge in [-0.05, 0) is 32.8 Å². The molecule has 0 radical (unpaired) electrons. The van der Waals surface area contributed by atoms with Crippen molar-refractivity contribution in [1.29, 1.82) is 0 Å². The predicted octanol–water partition coefficient (Wildman–Crippen LogP) is 3.92. The van der Waals surface area contributed by atoms with Gasteiger partial charge in [0.05, 0.1) is 11.7 Å². The second kappa shape index (κ2) is 5.40. The molecular formula is C14H19BrO2. The first-order chi connectivity index (χ1) is 8.11. The SMILES string of the molecule is CC1(C)CCC(COc2ccccc2CBr)O1. The quantitative estimate of drug-likeness (QED) is 0.785. The lowest BCUT2D eigenvalue weighted by atomic mass is 10.1. The first-order valence-corrected chi connectivity index (χ1v) is 7.17. The highest BCUT2D eigenvalue weighted by Gasteiger charge is 2.31. The van der Waals surface area contributed by atoms with Crippen molar-refractivity contribution in [3.63, 3.8) is 0 Å². The summed E-state index contributed by atoms with van der Waals surface area (Å²) in [5.41, 5.74) is 1.20. The van der Waals surface area contributed by atoms with Crippen molar-refractivity contribution in [1.82, 2.24) is 0 Å². The molecule has 1 aliphatic rings. The molecule has 0 aromatic heterocycles. The molecule has 1 heterocycles. The molecule has 1 saturated heterocycles. The van der Waals surface area contributed by atoms with Gasteiger partial charge >= 0.3 is 0 Å². The molecule has 0 N–H and O–H groups in total. The van der Waals surface area contributed by atoms with E-state index in [0.29, 0.717) is 6.61 Å². The third kappa shape index (κ3) is 3.46. The Hall–Kier alpha value is -0.540. The summed E-state index contributed by atoms with van der Waals surface area (Å²) in [6.45, 7) is 4.92. The maximum atomic E-state index is 5.91. The molecule has 0 bridgehead atoms. The molecule has 2 nitrogen and oxygen atoms in total. The van der Waals surface area contributed by atoms with Gasteiger partial charge in [-0.1, -0.05) is 34.1 Å². The number of hydrogen-bond donors (Lipinski definition) is 0. The first-order valence-electron chi connectivity index (χ1n) is 6.05. The van der Waals surface area contributed by atoms with Crippen LogP contribution in [0, 0.1) is 0 Å². The average molecular weight is 299 g/mol. The van der Waals surface area contributed by atoms with Gasteiger partial charge in [-0.3, -0.25) is 0 Å². The second-order valence-electron chi connectivity index (χ2n) is 5.09. The van der Waals surface area contributed by atoms with Crippen LogP contribution in [0.1, 0.15) is 32.3 Å². The number of rotatable bonds is 4. The van der Waals surface area contributed by atoms with Crippen LogP contribution in [0.4, 0.5) is 0 Å². The van der Waals surface area contributed by atoms with Crippen LogP contribution in [-0.4, -0.2) is 18.3 Å². The summed E-state index contributed by atoms with van der Waals surface area (Å²) in [7, 11) is 0. The van der Waals surface area contributed by atoms with E-state index in [-0.39, 0.29) is 11.7 Å². The second-order valence-corrected chi connectivity index (χ2v) is 5.65. The van der Waals surface area contributed by atoms with Crippen molar-refractivity contribution in [2.45, 2.75) is 43.7 Å². The minimum Gasteiger partial charge on any atom is -0.491 e. The molecule has 1 aromatic carbocycles. The Morgan fingerprint density at radius 1 is 1.41 bits per heavy atom. The number of benzene rings is 1. The molecule has 0 saturated carbocycles. The van der Waals surface area contributed by atoms with Crippen LogP contribution in [0.2, 0.25) is 0 Å². The van der Waals surface area contributed by atoms with E-state index in [1.807, 2.05) is 18.2 Å². The maximum Gasteiger partial charge on any atom is 0.123 e. The smallest absolute Gasteiger partial charge is 0.123 e. The van der Waals surface area contributed by atoms with Gasteiger partial charge < -0.3 is 9.47 Å². The molecule has 1 aliphatic heterocycles. The topological polar surface area (TPSA) is 18.5 Å². The van der Waals surface area contributed by atoms with E-state index in [0.717, 1.165) is 23.9 Å². The molecule has 1 fully saturated rings. The van der Waals surface area contributed by atoms with E-state index < -0.39 is 0 Å². The summed E-state index contributed by atoms with van der Waals surface area (Å²) in [6.07, 6.45) is 2.43. The van der Waals surface area contributed by atoms with Gasteiger partial charge in [-0.2, -0.15) is 0 Å². The minimum atomic E-state index is 0.0168. The summed E-state index contributed by atoms with van der Waals surface area (Å²) in [5, 5.41) is 0.820. The van der Waals surface area contributed by atoms with Crippen LogP contribution >= 0.6 is 15.9 Å². The molecule has 0 spiro atoms. The average Bonchev–Trinajstić information content (AvgIpc) is 2.67.